The lowest BCUT2D eigenvalue weighted by Gasteiger charge is -2.34. The Labute approximate surface area is 191 Å². The third-order valence-electron chi connectivity index (χ3n) is 6.09. The fraction of sp³-hybridized carbons (Fsp3) is 0.455. The molecule has 0 saturated carbocycles. The van der Waals surface area contributed by atoms with Crippen LogP contribution in [0.1, 0.15) is 12.8 Å². The van der Waals surface area contributed by atoms with Crippen molar-refractivity contribution < 1.29 is 19.4 Å². The Balaban J connectivity index is 1.50. The minimum Gasteiger partial charge on any atom is -0.469 e. The summed E-state index contributed by atoms with van der Waals surface area (Å²) in [5.74, 6) is 0.582. The van der Waals surface area contributed by atoms with E-state index in [1.54, 1.807) is 6.20 Å². The van der Waals surface area contributed by atoms with Gasteiger partial charge in [-0.05, 0) is 37.1 Å². The van der Waals surface area contributed by atoms with Crippen LogP contribution in [0.25, 0.3) is 11.3 Å². The standard InChI is InChI=1S/C22H26ClN5O4/c1-32-21(29)15-3-6-26(7-4-15)17-13-18(25-19(23)14-17)16-2-5-24-20(12-16)27-8-10-28(11-9-27)22(30)31/h2,5,12-15H,3-4,6-11H2,1H3,(H,30,31). The second-order valence-corrected chi connectivity index (χ2v) is 8.36. The normalized spacial score (nSPS) is 17.4. The number of hydrogen-bond donors (Lipinski definition) is 1. The Bertz CT molecular complexity index is 988. The molecule has 170 valence electrons. The van der Waals surface area contributed by atoms with Gasteiger partial charge in [0.15, 0.2) is 0 Å². The highest BCUT2D eigenvalue weighted by atomic mass is 35.5. The first kappa shape index (κ1) is 22.1. The summed E-state index contributed by atoms with van der Waals surface area (Å²) in [6, 6.07) is 7.70. The van der Waals surface area contributed by atoms with Crippen LogP contribution in [0.4, 0.5) is 16.3 Å². The summed E-state index contributed by atoms with van der Waals surface area (Å²) in [6.45, 7) is 3.56. The van der Waals surface area contributed by atoms with E-state index in [0.29, 0.717) is 31.3 Å². The van der Waals surface area contributed by atoms with Crippen LogP contribution in [0.15, 0.2) is 30.5 Å². The zero-order chi connectivity index (χ0) is 22.7. The van der Waals surface area contributed by atoms with E-state index >= 15 is 0 Å². The van der Waals surface area contributed by atoms with Crippen molar-refractivity contribution >= 4 is 35.2 Å². The van der Waals surface area contributed by atoms with E-state index in [2.05, 4.69) is 19.8 Å². The first-order valence-electron chi connectivity index (χ1n) is 10.6. The number of carboxylic acid groups (broad SMARTS) is 1. The fourth-order valence-corrected chi connectivity index (χ4v) is 4.43. The van der Waals surface area contributed by atoms with Crippen molar-refractivity contribution in [3.05, 3.63) is 35.6 Å². The maximum Gasteiger partial charge on any atom is 0.407 e. The van der Waals surface area contributed by atoms with Crippen LogP contribution in [0.3, 0.4) is 0 Å². The van der Waals surface area contributed by atoms with Gasteiger partial charge in [0.25, 0.3) is 0 Å². The Morgan fingerprint density at radius 1 is 1.06 bits per heavy atom. The van der Waals surface area contributed by atoms with Crippen molar-refractivity contribution in [2.75, 3.05) is 56.2 Å². The van der Waals surface area contributed by atoms with Gasteiger partial charge < -0.3 is 24.5 Å². The number of hydrogen-bond acceptors (Lipinski definition) is 7. The van der Waals surface area contributed by atoms with Crippen molar-refractivity contribution in [1.29, 1.82) is 0 Å². The Morgan fingerprint density at radius 2 is 1.78 bits per heavy atom. The van der Waals surface area contributed by atoms with E-state index in [-0.39, 0.29) is 11.9 Å². The number of pyridine rings is 2. The predicted octanol–water partition coefficient (Wildman–Crippen LogP) is 2.99. The lowest BCUT2D eigenvalue weighted by Crippen LogP contribution is -2.48. The van der Waals surface area contributed by atoms with Gasteiger partial charge in [-0.25, -0.2) is 14.8 Å². The molecule has 2 saturated heterocycles. The molecular formula is C22H26ClN5O4. The lowest BCUT2D eigenvalue weighted by molar-refractivity contribution is -0.146. The molecule has 0 atom stereocenters. The summed E-state index contributed by atoms with van der Waals surface area (Å²) in [6.07, 6.45) is 2.32. The summed E-state index contributed by atoms with van der Waals surface area (Å²) in [5.41, 5.74) is 2.61. The second kappa shape index (κ2) is 9.60. The number of anilines is 2. The van der Waals surface area contributed by atoms with Crippen LogP contribution in [0, 0.1) is 5.92 Å². The summed E-state index contributed by atoms with van der Waals surface area (Å²) in [7, 11) is 1.43. The van der Waals surface area contributed by atoms with Gasteiger partial charge in [0.1, 0.15) is 11.0 Å². The molecule has 2 aromatic heterocycles. The molecule has 2 aromatic rings. The van der Waals surface area contributed by atoms with Gasteiger partial charge in [0, 0.05) is 56.7 Å². The number of nitrogens with zero attached hydrogens (tertiary/aromatic N) is 5. The molecule has 0 aromatic carbocycles. The minimum absolute atomic E-state index is 0.0580. The number of piperazine rings is 1. The molecule has 4 heterocycles. The molecule has 0 bridgehead atoms. The Kier molecular flexibility index (Phi) is 6.64. The van der Waals surface area contributed by atoms with Crippen molar-refractivity contribution in [2.24, 2.45) is 5.92 Å². The van der Waals surface area contributed by atoms with Crippen LogP contribution in [0.5, 0.6) is 0 Å². The number of esters is 1. The van der Waals surface area contributed by atoms with Crippen LogP contribution < -0.4 is 9.80 Å². The van der Waals surface area contributed by atoms with Crippen molar-refractivity contribution in [1.82, 2.24) is 14.9 Å². The smallest absolute Gasteiger partial charge is 0.407 e. The highest BCUT2D eigenvalue weighted by Gasteiger charge is 2.26. The highest BCUT2D eigenvalue weighted by molar-refractivity contribution is 6.29. The summed E-state index contributed by atoms with van der Waals surface area (Å²) in [5, 5.41) is 9.55. The number of carbonyl (C=O) groups is 2. The zero-order valence-corrected chi connectivity index (χ0v) is 18.7. The molecule has 0 unspecified atom stereocenters. The van der Waals surface area contributed by atoms with E-state index in [1.807, 2.05) is 24.3 Å². The van der Waals surface area contributed by atoms with E-state index < -0.39 is 6.09 Å². The molecule has 32 heavy (non-hydrogen) atoms. The minimum atomic E-state index is -0.891. The van der Waals surface area contributed by atoms with Gasteiger partial charge in [-0.15, -0.1) is 0 Å². The van der Waals surface area contributed by atoms with Crippen molar-refractivity contribution in [2.45, 2.75) is 12.8 Å². The summed E-state index contributed by atoms with van der Waals surface area (Å²) in [4.78, 5) is 37.6. The third kappa shape index (κ3) is 4.88. The van der Waals surface area contributed by atoms with Gasteiger partial charge in [-0.1, -0.05) is 11.6 Å². The summed E-state index contributed by atoms with van der Waals surface area (Å²) < 4.78 is 4.88. The molecule has 0 aliphatic carbocycles. The molecule has 2 fully saturated rings. The maximum atomic E-state index is 11.8. The number of halogens is 1. The second-order valence-electron chi connectivity index (χ2n) is 7.98. The highest BCUT2D eigenvalue weighted by Crippen LogP contribution is 2.30. The van der Waals surface area contributed by atoms with Gasteiger partial charge in [-0.2, -0.15) is 0 Å². The average Bonchev–Trinajstić information content (AvgIpc) is 2.83. The van der Waals surface area contributed by atoms with E-state index in [1.165, 1.54) is 12.0 Å². The van der Waals surface area contributed by atoms with Crippen LogP contribution in [-0.2, 0) is 9.53 Å². The lowest BCUT2D eigenvalue weighted by atomic mass is 9.96. The number of ether oxygens (including phenoxy) is 1. The molecule has 1 N–H and O–H groups in total. The maximum absolute atomic E-state index is 11.8. The van der Waals surface area contributed by atoms with Crippen LogP contribution >= 0.6 is 11.6 Å². The van der Waals surface area contributed by atoms with Crippen molar-refractivity contribution in [3.63, 3.8) is 0 Å². The van der Waals surface area contributed by atoms with Gasteiger partial charge in [0.2, 0.25) is 0 Å². The Hall–Kier alpha value is -3.07. The number of aromatic nitrogens is 2. The summed E-state index contributed by atoms with van der Waals surface area (Å²) >= 11 is 6.36. The molecule has 1 amide bonds. The van der Waals surface area contributed by atoms with Crippen LogP contribution in [0.2, 0.25) is 5.15 Å². The van der Waals surface area contributed by atoms with Gasteiger partial charge in [0.05, 0.1) is 18.7 Å². The molecule has 4 rings (SSSR count). The number of methoxy groups -OCH3 is 1. The Morgan fingerprint density at radius 3 is 2.44 bits per heavy atom. The SMILES string of the molecule is COC(=O)C1CCN(c2cc(Cl)nc(-c3ccnc(N4CCN(C(=O)O)CC4)c3)c2)CC1. The monoisotopic (exact) mass is 459 g/mol. The average molecular weight is 460 g/mol. The molecule has 0 radical (unpaired) electrons. The van der Waals surface area contributed by atoms with E-state index in [9.17, 15) is 9.59 Å². The number of piperidine rings is 1. The number of carbonyl (C=O) groups excluding carboxylic acids is 1. The third-order valence-corrected chi connectivity index (χ3v) is 6.28. The quantitative estimate of drug-likeness (QED) is 0.550. The predicted molar refractivity (Wildman–Crippen MR) is 121 cm³/mol. The molecule has 9 nitrogen and oxygen atoms in total. The topological polar surface area (TPSA) is 99.1 Å². The first-order valence-corrected chi connectivity index (χ1v) is 11.0. The largest absolute Gasteiger partial charge is 0.469 e. The molecule has 2 aliphatic heterocycles. The fourth-order valence-electron chi connectivity index (χ4n) is 4.23. The van der Waals surface area contributed by atoms with E-state index in [4.69, 9.17) is 21.4 Å². The molecule has 10 heteroatoms. The van der Waals surface area contributed by atoms with E-state index in [0.717, 1.165) is 48.7 Å². The molecule has 2 aliphatic rings. The van der Waals surface area contributed by atoms with Crippen molar-refractivity contribution in [3.8, 4) is 11.3 Å². The molecule has 0 spiro atoms. The number of amides is 1. The zero-order valence-electron chi connectivity index (χ0n) is 17.9. The number of rotatable bonds is 4. The van der Waals surface area contributed by atoms with Crippen LogP contribution in [-0.4, -0.2) is 78.4 Å². The first-order chi connectivity index (χ1) is 15.4. The molecular weight excluding hydrogens is 434 g/mol. The van der Waals surface area contributed by atoms with Gasteiger partial charge >= 0.3 is 12.1 Å². The van der Waals surface area contributed by atoms with Gasteiger partial charge in [-0.3, -0.25) is 4.79 Å².